The molecule has 0 atom stereocenters. The largest absolute Gasteiger partial charge is 0.508 e. The number of pyridine rings is 1. The Morgan fingerprint density at radius 1 is 0.778 bits per heavy atom. The molecule has 0 fully saturated rings. The van der Waals surface area contributed by atoms with E-state index in [0.717, 1.165) is 5.56 Å². The average molecular weight is 357 g/mol. The molecule has 1 aromatic heterocycles. The number of carbonyl (C=O) groups excluding carboxylic acids is 1. The number of nitrogens with zero attached hydrogens (tertiary/aromatic N) is 1. The maximum Gasteiger partial charge on any atom is 0.195 e. The Morgan fingerprint density at radius 2 is 1.52 bits per heavy atom. The average Bonchev–Trinajstić information content (AvgIpc) is 2.95. The van der Waals surface area contributed by atoms with Gasteiger partial charge < -0.3 is 10.2 Å². The van der Waals surface area contributed by atoms with Gasteiger partial charge in [0.05, 0.1) is 11.2 Å². The van der Waals surface area contributed by atoms with Crippen LogP contribution >= 0.6 is 0 Å². The number of rotatable bonds is 1. The number of carbonyl (C=O) groups is 1. The fourth-order valence-corrected chi connectivity index (χ4v) is 3.63. The first-order chi connectivity index (χ1) is 13.0. The van der Waals surface area contributed by atoms with Crippen LogP contribution in [-0.4, -0.2) is 21.0 Å². The lowest BCUT2D eigenvalue weighted by Crippen LogP contribution is -1.99. The lowest BCUT2D eigenvalue weighted by molar-refractivity contribution is 0.104. The Hall–Kier alpha value is -3.73. The molecule has 27 heavy (non-hydrogen) atoms. The first-order valence-corrected chi connectivity index (χ1v) is 8.33. The van der Waals surface area contributed by atoms with E-state index in [2.05, 4.69) is 4.98 Å². The van der Waals surface area contributed by atoms with Gasteiger partial charge in [-0.05, 0) is 66.2 Å². The summed E-state index contributed by atoms with van der Waals surface area (Å²) in [4.78, 5) is 17.8. The summed E-state index contributed by atoms with van der Waals surface area (Å²) < 4.78 is 13.9. The number of phenols is 2. The topological polar surface area (TPSA) is 70.4 Å². The Kier molecular flexibility index (Phi) is 3.09. The van der Waals surface area contributed by atoms with Gasteiger partial charge in [0.15, 0.2) is 5.78 Å². The highest BCUT2D eigenvalue weighted by Gasteiger charge is 2.32. The van der Waals surface area contributed by atoms with Gasteiger partial charge in [0.2, 0.25) is 0 Å². The molecule has 0 unspecified atom stereocenters. The molecular formula is C22H12FNO3. The smallest absolute Gasteiger partial charge is 0.195 e. The fraction of sp³-hybridized carbons (Fsp3) is 0. The van der Waals surface area contributed by atoms with Crippen molar-refractivity contribution in [1.29, 1.82) is 0 Å². The van der Waals surface area contributed by atoms with Gasteiger partial charge in [-0.2, -0.15) is 0 Å². The SMILES string of the molecule is O=C1c2cc(O)ccc2-c2c(-c3ccc(O)cc3)nc3ccc(F)cc3c21. The monoisotopic (exact) mass is 357 g/mol. The van der Waals surface area contributed by atoms with Crippen LogP contribution in [0.25, 0.3) is 33.3 Å². The number of fused-ring (bicyclic) bond motifs is 5. The van der Waals surface area contributed by atoms with Gasteiger partial charge in [-0.15, -0.1) is 0 Å². The summed E-state index contributed by atoms with van der Waals surface area (Å²) in [5.41, 5.74) is 3.80. The number of hydrogen-bond acceptors (Lipinski definition) is 4. The number of benzene rings is 3. The molecule has 0 amide bonds. The predicted octanol–water partition coefficient (Wildman–Crippen LogP) is 4.66. The highest BCUT2D eigenvalue weighted by atomic mass is 19.1. The van der Waals surface area contributed by atoms with E-state index in [-0.39, 0.29) is 17.3 Å². The van der Waals surface area contributed by atoms with E-state index in [1.54, 1.807) is 36.4 Å². The van der Waals surface area contributed by atoms with E-state index in [0.29, 0.717) is 38.9 Å². The molecule has 0 spiro atoms. The summed E-state index contributed by atoms with van der Waals surface area (Å²) in [7, 11) is 0. The van der Waals surface area contributed by atoms with Crippen LogP contribution in [0, 0.1) is 5.82 Å². The Bertz CT molecular complexity index is 1260. The van der Waals surface area contributed by atoms with Crippen LogP contribution in [0.3, 0.4) is 0 Å². The van der Waals surface area contributed by atoms with Crippen molar-refractivity contribution in [3.05, 3.63) is 77.6 Å². The quantitative estimate of drug-likeness (QED) is 0.458. The van der Waals surface area contributed by atoms with Gasteiger partial charge in [-0.1, -0.05) is 0 Å². The van der Waals surface area contributed by atoms with Crippen molar-refractivity contribution in [2.45, 2.75) is 0 Å². The number of phenolic OH excluding ortho intramolecular Hbond substituents is 2. The van der Waals surface area contributed by atoms with Gasteiger partial charge in [0, 0.05) is 27.6 Å². The molecule has 0 saturated heterocycles. The molecule has 0 aliphatic heterocycles. The Morgan fingerprint density at radius 3 is 2.30 bits per heavy atom. The molecule has 0 bridgehead atoms. The summed E-state index contributed by atoms with van der Waals surface area (Å²) in [5.74, 6) is -0.603. The maximum atomic E-state index is 13.9. The van der Waals surface area contributed by atoms with Crippen LogP contribution in [0.1, 0.15) is 15.9 Å². The third kappa shape index (κ3) is 2.22. The van der Waals surface area contributed by atoms with Gasteiger partial charge in [0.1, 0.15) is 17.3 Å². The number of halogens is 1. The van der Waals surface area contributed by atoms with Crippen molar-refractivity contribution in [2.75, 3.05) is 0 Å². The summed E-state index contributed by atoms with van der Waals surface area (Å²) in [6, 6.07) is 15.3. The first-order valence-electron chi connectivity index (χ1n) is 8.33. The Labute approximate surface area is 153 Å². The van der Waals surface area contributed by atoms with Crippen molar-refractivity contribution >= 4 is 16.7 Å². The lowest BCUT2D eigenvalue weighted by atomic mass is 9.96. The van der Waals surface area contributed by atoms with Crippen LogP contribution < -0.4 is 0 Å². The molecule has 4 nitrogen and oxygen atoms in total. The second kappa shape index (κ2) is 5.38. The van der Waals surface area contributed by atoms with Crippen molar-refractivity contribution in [1.82, 2.24) is 4.98 Å². The fourth-order valence-electron chi connectivity index (χ4n) is 3.63. The van der Waals surface area contributed by atoms with Gasteiger partial charge in [-0.3, -0.25) is 4.79 Å². The van der Waals surface area contributed by atoms with E-state index >= 15 is 0 Å². The zero-order valence-corrected chi connectivity index (χ0v) is 13.9. The van der Waals surface area contributed by atoms with E-state index in [1.165, 1.54) is 24.3 Å². The first kappa shape index (κ1) is 15.5. The summed E-state index contributed by atoms with van der Waals surface area (Å²) in [6.45, 7) is 0. The Balaban J connectivity index is 1.94. The second-order valence-corrected chi connectivity index (χ2v) is 6.48. The second-order valence-electron chi connectivity index (χ2n) is 6.48. The third-order valence-corrected chi connectivity index (χ3v) is 4.83. The molecule has 4 aromatic rings. The summed E-state index contributed by atoms with van der Waals surface area (Å²) >= 11 is 0. The van der Waals surface area contributed by atoms with Crippen LogP contribution in [0.2, 0.25) is 0 Å². The zero-order chi connectivity index (χ0) is 18.7. The molecule has 130 valence electrons. The van der Waals surface area contributed by atoms with Gasteiger partial charge in [-0.25, -0.2) is 9.37 Å². The van der Waals surface area contributed by atoms with E-state index < -0.39 is 5.82 Å². The number of aromatic hydroxyl groups is 2. The van der Waals surface area contributed by atoms with Crippen LogP contribution in [0.15, 0.2) is 60.7 Å². The molecule has 5 rings (SSSR count). The minimum atomic E-state index is -0.449. The predicted molar refractivity (Wildman–Crippen MR) is 99.3 cm³/mol. The van der Waals surface area contributed by atoms with Crippen LogP contribution in [0.4, 0.5) is 4.39 Å². The number of ketones is 1. The van der Waals surface area contributed by atoms with Crippen molar-refractivity contribution in [3.8, 4) is 33.9 Å². The molecule has 1 aliphatic rings. The van der Waals surface area contributed by atoms with Crippen LogP contribution in [0.5, 0.6) is 11.5 Å². The molecular weight excluding hydrogens is 345 g/mol. The number of aromatic nitrogens is 1. The normalized spacial score (nSPS) is 12.3. The van der Waals surface area contributed by atoms with Crippen molar-refractivity contribution < 1.29 is 19.4 Å². The maximum absolute atomic E-state index is 13.9. The lowest BCUT2D eigenvalue weighted by Gasteiger charge is -2.12. The molecule has 1 heterocycles. The van der Waals surface area contributed by atoms with Crippen molar-refractivity contribution in [2.24, 2.45) is 0 Å². The highest BCUT2D eigenvalue weighted by molar-refractivity contribution is 6.28. The third-order valence-electron chi connectivity index (χ3n) is 4.83. The van der Waals surface area contributed by atoms with E-state index in [4.69, 9.17) is 0 Å². The zero-order valence-electron chi connectivity index (χ0n) is 13.9. The van der Waals surface area contributed by atoms with E-state index in [1.807, 2.05) is 0 Å². The molecule has 3 aromatic carbocycles. The standard InChI is InChI=1S/C22H12FNO3/c23-12-3-8-18-17(9-12)20-19(15-7-6-14(26)10-16(15)22(20)27)21(24-18)11-1-4-13(25)5-2-11/h1-10,25-26H. The molecule has 2 N–H and O–H groups in total. The summed E-state index contributed by atoms with van der Waals surface area (Å²) in [5, 5.41) is 19.8. The minimum absolute atomic E-state index is 0.00969. The molecule has 0 radical (unpaired) electrons. The molecule has 0 saturated carbocycles. The summed E-state index contributed by atoms with van der Waals surface area (Å²) in [6.07, 6.45) is 0. The van der Waals surface area contributed by atoms with Gasteiger partial charge >= 0.3 is 0 Å². The molecule has 5 heteroatoms. The van der Waals surface area contributed by atoms with E-state index in [9.17, 15) is 19.4 Å². The van der Waals surface area contributed by atoms with Crippen molar-refractivity contribution in [3.63, 3.8) is 0 Å². The van der Waals surface area contributed by atoms with Crippen LogP contribution in [-0.2, 0) is 0 Å². The molecule has 1 aliphatic carbocycles. The number of hydrogen-bond donors (Lipinski definition) is 2. The van der Waals surface area contributed by atoms with Gasteiger partial charge in [0.25, 0.3) is 0 Å². The minimum Gasteiger partial charge on any atom is -0.508 e. The highest BCUT2D eigenvalue weighted by Crippen LogP contribution is 2.46.